The number of pyridine rings is 1. The van der Waals surface area contributed by atoms with Gasteiger partial charge in [0.2, 0.25) is 0 Å². The van der Waals surface area contributed by atoms with Crippen LogP contribution in [-0.2, 0) is 11.3 Å². The van der Waals surface area contributed by atoms with Crippen molar-refractivity contribution in [3.63, 3.8) is 0 Å². The first kappa shape index (κ1) is 14.3. The Morgan fingerprint density at radius 3 is 2.85 bits per heavy atom. The summed E-state index contributed by atoms with van der Waals surface area (Å²) in [5, 5.41) is 2.03. The van der Waals surface area contributed by atoms with Crippen LogP contribution in [0.4, 0.5) is 11.5 Å². The summed E-state index contributed by atoms with van der Waals surface area (Å²) in [6.07, 6.45) is 0. The van der Waals surface area contributed by atoms with E-state index in [0.29, 0.717) is 11.5 Å². The van der Waals surface area contributed by atoms with Crippen LogP contribution in [0.3, 0.4) is 0 Å². The Labute approximate surface area is 122 Å². The fourth-order valence-electron chi connectivity index (χ4n) is 1.86. The number of hydrogen-bond donors (Lipinski definition) is 1. The van der Waals surface area contributed by atoms with Crippen LogP contribution in [-0.4, -0.2) is 24.6 Å². The van der Waals surface area contributed by atoms with E-state index in [0.717, 1.165) is 13.1 Å². The maximum absolute atomic E-state index is 11.6. The number of methoxy groups -OCH3 is 1. The predicted octanol–water partition coefficient (Wildman–Crippen LogP) is 2.54. The Morgan fingerprint density at radius 1 is 1.45 bits per heavy atom. The van der Waals surface area contributed by atoms with Gasteiger partial charge in [-0.3, -0.25) is 0 Å². The van der Waals surface area contributed by atoms with E-state index in [1.54, 1.807) is 23.5 Å². The smallest absolute Gasteiger partial charge is 0.356 e. The number of ether oxygens (including phenoxy) is 1. The molecule has 6 heteroatoms. The quantitative estimate of drug-likeness (QED) is 0.857. The van der Waals surface area contributed by atoms with E-state index in [4.69, 9.17) is 10.5 Å². The van der Waals surface area contributed by atoms with Crippen molar-refractivity contribution in [2.24, 2.45) is 0 Å². The predicted molar refractivity (Wildman–Crippen MR) is 81.0 cm³/mol. The van der Waals surface area contributed by atoms with E-state index in [1.807, 2.05) is 23.3 Å². The standard InChI is InChI=1S/C14H17N3O2S/c1-3-17(9-10-5-4-8-20-10)13-11(15)6-7-12(16-13)14(18)19-2/h4-8H,3,9,15H2,1-2H3. The van der Waals surface area contributed by atoms with Crippen LogP contribution >= 0.6 is 11.3 Å². The second-order valence-electron chi connectivity index (χ2n) is 4.19. The third kappa shape index (κ3) is 3.08. The maximum atomic E-state index is 11.6. The van der Waals surface area contributed by atoms with E-state index in [9.17, 15) is 4.79 Å². The Kier molecular flexibility index (Phi) is 4.57. The van der Waals surface area contributed by atoms with Gasteiger partial charge in [0.05, 0.1) is 19.3 Å². The van der Waals surface area contributed by atoms with Crippen LogP contribution in [0, 0.1) is 0 Å². The van der Waals surface area contributed by atoms with E-state index in [-0.39, 0.29) is 5.69 Å². The third-order valence-electron chi connectivity index (χ3n) is 2.91. The molecule has 0 spiro atoms. The number of carbonyl (C=O) groups is 1. The first-order chi connectivity index (χ1) is 9.65. The molecule has 5 nitrogen and oxygen atoms in total. The summed E-state index contributed by atoms with van der Waals surface area (Å²) in [6, 6.07) is 7.33. The van der Waals surface area contributed by atoms with Gasteiger partial charge in [-0.25, -0.2) is 9.78 Å². The number of thiophene rings is 1. The molecule has 0 unspecified atom stereocenters. The summed E-state index contributed by atoms with van der Waals surface area (Å²) in [7, 11) is 1.34. The fraction of sp³-hybridized carbons (Fsp3) is 0.286. The molecule has 0 bridgehead atoms. The monoisotopic (exact) mass is 291 g/mol. The van der Waals surface area contributed by atoms with Crippen LogP contribution in [0.15, 0.2) is 29.6 Å². The molecule has 2 heterocycles. The van der Waals surface area contributed by atoms with Crippen molar-refractivity contribution in [1.82, 2.24) is 4.98 Å². The van der Waals surface area contributed by atoms with Gasteiger partial charge >= 0.3 is 5.97 Å². The molecule has 2 aromatic rings. The van der Waals surface area contributed by atoms with Gasteiger partial charge in [0.25, 0.3) is 0 Å². The normalized spacial score (nSPS) is 10.3. The molecule has 0 radical (unpaired) electrons. The third-order valence-corrected chi connectivity index (χ3v) is 3.77. The minimum absolute atomic E-state index is 0.265. The molecule has 0 saturated carbocycles. The lowest BCUT2D eigenvalue weighted by Crippen LogP contribution is -2.24. The number of nitrogen functional groups attached to an aromatic ring is 1. The van der Waals surface area contributed by atoms with E-state index in [1.165, 1.54) is 12.0 Å². The number of anilines is 2. The molecule has 2 N–H and O–H groups in total. The van der Waals surface area contributed by atoms with E-state index >= 15 is 0 Å². The van der Waals surface area contributed by atoms with Crippen molar-refractivity contribution in [3.8, 4) is 0 Å². The molecular formula is C14H17N3O2S. The van der Waals surface area contributed by atoms with Gasteiger partial charge in [-0.05, 0) is 30.5 Å². The molecule has 0 aliphatic carbocycles. The molecule has 2 rings (SSSR count). The molecule has 2 aromatic heterocycles. The van der Waals surface area contributed by atoms with Crippen molar-refractivity contribution in [3.05, 3.63) is 40.2 Å². The minimum atomic E-state index is -0.460. The summed E-state index contributed by atoms with van der Waals surface area (Å²) in [5.41, 5.74) is 6.80. The SMILES string of the molecule is CCN(Cc1cccs1)c1nc(C(=O)OC)ccc1N. The van der Waals surface area contributed by atoms with Gasteiger partial charge in [0, 0.05) is 11.4 Å². The second kappa shape index (κ2) is 6.38. The van der Waals surface area contributed by atoms with Crippen LogP contribution < -0.4 is 10.6 Å². The summed E-state index contributed by atoms with van der Waals surface area (Å²) in [4.78, 5) is 19.1. The highest BCUT2D eigenvalue weighted by Gasteiger charge is 2.15. The van der Waals surface area contributed by atoms with Gasteiger partial charge in [-0.15, -0.1) is 11.3 Å². The van der Waals surface area contributed by atoms with E-state index < -0.39 is 5.97 Å². The van der Waals surface area contributed by atoms with Gasteiger partial charge in [0.1, 0.15) is 0 Å². The molecule has 0 aromatic carbocycles. The van der Waals surface area contributed by atoms with Crippen molar-refractivity contribution in [1.29, 1.82) is 0 Å². The van der Waals surface area contributed by atoms with Crippen LogP contribution in [0.1, 0.15) is 22.3 Å². The summed E-state index contributed by atoms with van der Waals surface area (Å²) >= 11 is 1.68. The number of nitrogens with two attached hydrogens (primary N) is 1. The Morgan fingerprint density at radius 2 is 2.25 bits per heavy atom. The molecule has 0 aliphatic heterocycles. The van der Waals surface area contributed by atoms with Crippen LogP contribution in [0.2, 0.25) is 0 Å². The van der Waals surface area contributed by atoms with E-state index in [2.05, 4.69) is 11.1 Å². The Bertz CT molecular complexity index is 584. The molecule has 0 saturated heterocycles. The highest BCUT2D eigenvalue weighted by molar-refractivity contribution is 7.09. The number of carbonyl (C=O) groups excluding carboxylic acids is 1. The van der Waals surface area contributed by atoms with Crippen molar-refractivity contribution < 1.29 is 9.53 Å². The lowest BCUT2D eigenvalue weighted by molar-refractivity contribution is 0.0594. The summed E-state index contributed by atoms with van der Waals surface area (Å²) in [5.74, 6) is 0.155. The zero-order valence-electron chi connectivity index (χ0n) is 11.5. The number of esters is 1. The average molecular weight is 291 g/mol. The average Bonchev–Trinajstić information content (AvgIpc) is 2.97. The fourth-order valence-corrected chi connectivity index (χ4v) is 2.58. The molecule has 0 atom stereocenters. The molecular weight excluding hydrogens is 274 g/mol. The Hall–Kier alpha value is -2.08. The van der Waals surface area contributed by atoms with Crippen LogP contribution in [0.25, 0.3) is 0 Å². The lowest BCUT2D eigenvalue weighted by atomic mass is 10.3. The topological polar surface area (TPSA) is 68.5 Å². The van der Waals surface area contributed by atoms with Crippen molar-refractivity contribution in [2.45, 2.75) is 13.5 Å². The van der Waals surface area contributed by atoms with Gasteiger partial charge < -0.3 is 15.4 Å². The first-order valence-electron chi connectivity index (χ1n) is 6.27. The Balaban J connectivity index is 2.30. The molecule has 0 fully saturated rings. The van der Waals surface area contributed by atoms with Gasteiger partial charge in [-0.2, -0.15) is 0 Å². The maximum Gasteiger partial charge on any atom is 0.356 e. The number of nitrogens with zero attached hydrogens (tertiary/aromatic N) is 2. The highest BCUT2D eigenvalue weighted by Crippen LogP contribution is 2.24. The minimum Gasteiger partial charge on any atom is -0.464 e. The zero-order valence-corrected chi connectivity index (χ0v) is 12.3. The second-order valence-corrected chi connectivity index (χ2v) is 5.23. The number of rotatable bonds is 5. The first-order valence-corrected chi connectivity index (χ1v) is 7.15. The molecule has 0 amide bonds. The van der Waals surface area contributed by atoms with Crippen molar-refractivity contribution in [2.75, 3.05) is 24.3 Å². The summed E-state index contributed by atoms with van der Waals surface area (Å²) in [6.45, 7) is 3.50. The lowest BCUT2D eigenvalue weighted by Gasteiger charge is -2.23. The number of hydrogen-bond acceptors (Lipinski definition) is 6. The summed E-state index contributed by atoms with van der Waals surface area (Å²) < 4.78 is 4.69. The zero-order chi connectivity index (χ0) is 14.5. The molecule has 106 valence electrons. The highest BCUT2D eigenvalue weighted by atomic mass is 32.1. The van der Waals surface area contributed by atoms with Crippen LogP contribution in [0.5, 0.6) is 0 Å². The largest absolute Gasteiger partial charge is 0.464 e. The van der Waals surface area contributed by atoms with Gasteiger partial charge in [-0.1, -0.05) is 6.07 Å². The van der Waals surface area contributed by atoms with Gasteiger partial charge in [0.15, 0.2) is 11.5 Å². The molecule has 20 heavy (non-hydrogen) atoms. The number of aromatic nitrogens is 1. The molecule has 0 aliphatic rings. The van der Waals surface area contributed by atoms with Crippen molar-refractivity contribution >= 4 is 28.8 Å².